The summed E-state index contributed by atoms with van der Waals surface area (Å²) in [4.78, 5) is 25.5. The number of hydrogen-bond donors (Lipinski definition) is 2. The third-order valence-corrected chi connectivity index (χ3v) is 4.03. The lowest BCUT2D eigenvalue weighted by Crippen LogP contribution is -2.54. The van der Waals surface area contributed by atoms with Crippen molar-refractivity contribution in [3.63, 3.8) is 0 Å². The highest BCUT2D eigenvalue weighted by molar-refractivity contribution is 5.96. The number of amides is 2. The number of hydrogen-bond acceptors (Lipinski definition) is 3. The van der Waals surface area contributed by atoms with Crippen molar-refractivity contribution in [3.05, 3.63) is 29.8 Å². The molecule has 5 heteroatoms. The Hall–Kier alpha value is -1.88. The summed E-state index contributed by atoms with van der Waals surface area (Å²) in [6, 6.07) is 7.15. The molecule has 21 heavy (non-hydrogen) atoms. The van der Waals surface area contributed by atoms with Crippen molar-refractivity contribution in [1.29, 1.82) is 0 Å². The zero-order valence-corrected chi connectivity index (χ0v) is 12.8. The molecule has 1 atom stereocenters. The molecule has 1 aliphatic rings. The van der Waals surface area contributed by atoms with Crippen molar-refractivity contribution in [1.82, 2.24) is 4.90 Å². The van der Waals surface area contributed by atoms with Gasteiger partial charge in [-0.2, -0.15) is 0 Å². The second kappa shape index (κ2) is 5.85. The Kier molecular flexibility index (Phi) is 4.32. The first-order chi connectivity index (χ1) is 9.79. The number of likely N-dealkylation sites (tertiary alicyclic amines) is 1. The van der Waals surface area contributed by atoms with Crippen molar-refractivity contribution in [2.75, 3.05) is 18.4 Å². The maximum absolute atomic E-state index is 12.6. The molecule has 1 aromatic rings. The van der Waals surface area contributed by atoms with Crippen molar-refractivity contribution in [2.24, 2.45) is 11.1 Å². The summed E-state index contributed by atoms with van der Waals surface area (Å²) in [6.07, 6.45) is 0.810. The molecule has 114 valence electrons. The van der Waals surface area contributed by atoms with Gasteiger partial charge in [0.15, 0.2) is 0 Å². The van der Waals surface area contributed by atoms with Gasteiger partial charge in [-0.1, -0.05) is 19.9 Å². The maximum atomic E-state index is 12.6. The third-order valence-electron chi connectivity index (χ3n) is 4.03. The lowest BCUT2D eigenvalue weighted by Gasteiger charge is -2.42. The molecule has 2 amide bonds. The SMILES string of the molecule is CC(=O)Nc1cccc(C(=O)N2CCC(N)C(C)(C)C2)c1. The summed E-state index contributed by atoms with van der Waals surface area (Å²) in [6.45, 7) is 6.95. The van der Waals surface area contributed by atoms with Gasteiger partial charge in [-0.25, -0.2) is 0 Å². The highest BCUT2D eigenvalue weighted by atomic mass is 16.2. The number of benzene rings is 1. The molecule has 1 saturated heterocycles. The standard InChI is InChI=1S/C16H23N3O2/c1-11(20)18-13-6-4-5-12(9-13)15(21)19-8-7-14(17)16(2,3)10-19/h4-6,9,14H,7-8,10,17H2,1-3H3,(H,18,20). The molecule has 0 aromatic heterocycles. The van der Waals surface area contributed by atoms with Crippen molar-refractivity contribution in [2.45, 2.75) is 33.2 Å². The Balaban J connectivity index is 2.15. The van der Waals surface area contributed by atoms with E-state index in [1.54, 1.807) is 24.3 Å². The van der Waals surface area contributed by atoms with E-state index in [0.717, 1.165) is 6.42 Å². The lowest BCUT2D eigenvalue weighted by molar-refractivity contribution is -0.114. The van der Waals surface area contributed by atoms with Crippen LogP contribution in [0.3, 0.4) is 0 Å². The highest BCUT2D eigenvalue weighted by Crippen LogP contribution is 2.28. The molecular weight excluding hydrogens is 266 g/mol. The number of piperidine rings is 1. The Labute approximate surface area is 125 Å². The van der Waals surface area contributed by atoms with E-state index in [2.05, 4.69) is 19.2 Å². The normalized spacial score (nSPS) is 21.0. The van der Waals surface area contributed by atoms with Crippen LogP contribution < -0.4 is 11.1 Å². The summed E-state index contributed by atoms with van der Waals surface area (Å²) in [7, 11) is 0. The Morgan fingerprint density at radius 1 is 1.38 bits per heavy atom. The van der Waals surface area contributed by atoms with Gasteiger partial charge < -0.3 is 16.0 Å². The molecule has 5 nitrogen and oxygen atoms in total. The van der Waals surface area contributed by atoms with Gasteiger partial charge in [-0.3, -0.25) is 9.59 Å². The molecule has 0 saturated carbocycles. The fraction of sp³-hybridized carbons (Fsp3) is 0.500. The van der Waals surface area contributed by atoms with Gasteiger partial charge in [0.2, 0.25) is 5.91 Å². The van der Waals surface area contributed by atoms with Crippen molar-refractivity contribution < 1.29 is 9.59 Å². The van der Waals surface area contributed by atoms with E-state index < -0.39 is 0 Å². The average molecular weight is 289 g/mol. The van der Waals surface area contributed by atoms with Gasteiger partial charge in [0.05, 0.1) is 0 Å². The number of rotatable bonds is 2. The number of nitrogens with zero attached hydrogens (tertiary/aromatic N) is 1. The van der Waals surface area contributed by atoms with Gasteiger partial charge in [-0.05, 0) is 30.0 Å². The molecule has 0 bridgehead atoms. The quantitative estimate of drug-likeness (QED) is 0.872. The number of carbonyl (C=O) groups excluding carboxylic acids is 2. The summed E-state index contributed by atoms with van der Waals surface area (Å²) in [5.41, 5.74) is 7.26. The molecule has 1 aromatic carbocycles. The van der Waals surface area contributed by atoms with E-state index in [0.29, 0.717) is 24.3 Å². The minimum Gasteiger partial charge on any atom is -0.338 e. The first-order valence-electron chi connectivity index (χ1n) is 7.22. The van der Waals surface area contributed by atoms with E-state index in [-0.39, 0.29) is 23.3 Å². The molecular formula is C16H23N3O2. The van der Waals surface area contributed by atoms with Gasteiger partial charge >= 0.3 is 0 Å². The van der Waals surface area contributed by atoms with Crippen LogP contribution in [0.2, 0.25) is 0 Å². The minimum absolute atomic E-state index is 0.0119. The summed E-state index contributed by atoms with van der Waals surface area (Å²) >= 11 is 0. The smallest absolute Gasteiger partial charge is 0.253 e. The minimum atomic E-state index is -0.148. The predicted octanol–water partition coefficient (Wildman–Crippen LogP) is 1.84. The Morgan fingerprint density at radius 3 is 2.71 bits per heavy atom. The fourth-order valence-electron chi connectivity index (χ4n) is 2.66. The van der Waals surface area contributed by atoms with Crippen LogP contribution in [-0.2, 0) is 4.79 Å². The summed E-state index contributed by atoms with van der Waals surface area (Å²) in [5, 5.41) is 2.70. The van der Waals surface area contributed by atoms with Gasteiger partial charge in [-0.15, -0.1) is 0 Å². The van der Waals surface area contributed by atoms with Crippen molar-refractivity contribution >= 4 is 17.5 Å². The van der Waals surface area contributed by atoms with Crippen LogP contribution in [0.1, 0.15) is 37.6 Å². The van der Waals surface area contributed by atoms with Gasteiger partial charge in [0.1, 0.15) is 0 Å². The summed E-state index contributed by atoms with van der Waals surface area (Å²) in [5.74, 6) is -0.160. The van der Waals surface area contributed by atoms with E-state index in [9.17, 15) is 9.59 Å². The second-order valence-electron chi connectivity index (χ2n) is 6.37. The monoisotopic (exact) mass is 289 g/mol. The number of carbonyl (C=O) groups is 2. The van der Waals surface area contributed by atoms with Crippen LogP contribution in [-0.4, -0.2) is 35.8 Å². The Morgan fingerprint density at radius 2 is 2.10 bits per heavy atom. The summed E-state index contributed by atoms with van der Waals surface area (Å²) < 4.78 is 0. The molecule has 0 radical (unpaired) electrons. The van der Waals surface area contributed by atoms with Crippen LogP contribution in [0, 0.1) is 5.41 Å². The topological polar surface area (TPSA) is 75.4 Å². The number of nitrogens with two attached hydrogens (primary N) is 1. The average Bonchev–Trinajstić information content (AvgIpc) is 2.40. The van der Waals surface area contributed by atoms with E-state index in [4.69, 9.17) is 5.73 Å². The van der Waals surface area contributed by atoms with Gasteiger partial charge in [0, 0.05) is 37.3 Å². The van der Waals surface area contributed by atoms with Crippen LogP contribution in [0.25, 0.3) is 0 Å². The predicted molar refractivity (Wildman–Crippen MR) is 83.0 cm³/mol. The molecule has 2 rings (SSSR count). The number of anilines is 1. The fourth-order valence-corrected chi connectivity index (χ4v) is 2.66. The first-order valence-corrected chi connectivity index (χ1v) is 7.22. The van der Waals surface area contributed by atoms with Crippen LogP contribution >= 0.6 is 0 Å². The van der Waals surface area contributed by atoms with E-state index in [1.807, 2.05) is 4.90 Å². The number of nitrogens with one attached hydrogen (secondary N) is 1. The van der Waals surface area contributed by atoms with E-state index >= 15 is 0 Å². The molecule has 0 aliphatic carbocycles. The highest BCUT2D eigenvalue weighted by Gasteiger charge is 2.35. The molecule has 0 spiro atoms. The zero-order valence-electron chi connectivity index (χ0n) is 12.8. The van der Waals surface area contributed by atoms with Crippen LogP contribution in [0.4, 0.5) is 5.69 Å². The largest absolute Gasteiger partial charge is 0.338 e. The van der Waals surface area contributed by atoms with Crippen LogP contribution in [0.5, 0.6) is 0 Å². The maximum Gasteiger partial charge on any atom is 0.253 e. The van der Waals surface area contributed by atoms with Crippen LogP contribution in [0.15, 0.2) is 24.3 Å². The first kappa shape index (κ1) is 15.5. The third kappa shape index (κ3) is 3.61. The molecule has 1 aliphatic heterocycles. The molecule has 3 N–H and O–H groups in total. The van der Waals surface area contributed by atoms with E-state index in [1.165, 1.54) is 6.92 Å². The molecule has 1 fully saturated rings. The zero-order chi connectivity index (χ0) is 15.6. The van der Waals surface area contributed by atoms with Gasteiger partial charge in [0.25, 0.3) is 5.91 Å². The second-order valence-corrected chi connectivity index (χ2v) is 6.37. The van der Waals surface area contributed by atoms with Crippen molar-refractivity contribution in [3.8, 4) is 0 Å². The molecule has 1 heterocycles. The Bertz CT molecular complexity index is 554. The molecule has 1 unspecified atom stereocenters. The lowest BCUT2D eigenvalue weighted by atomic mass is 9.79.